The van der Waals surface area contributed by atoms with E-state index < -0.39 is 75.7 Å². The molecule has 72 heavy (non-hydrogen) atoms. The van der Waals surface area contributed by atoms with E-state index >= 15 is 0 Å². The molecule has 7 N–H and O–H groups in total. The van der Waals surface area contributed by atoms with Gasteiger partial charge in [-0.15, -0.1) is 0 Å². The molecule has 0 aliphatic carbocycles. The molecule has 22 nitrogen and oxygen atoms in total. The number of fused-ring (bicyclic) bond motifs is 1. The van der Waals surface area contributed by atoms with E-state index in [0.717, 1.165) is 25.7 Å². The van der Waals surface area contributed by atoms with Gasteiger partial charge in [-0.2, -0.15) is 9.97 Å². The minimum absolute atomic E-state index is 0.0176. The van der Waals surface area contributed by atoms with Crippen LogP contribution >= 0.6 is 7.82 Å². The molecule has 2 amide bonds. The van der Waals surface area contributed by atoms with Crippen LogP contribution in [0, 0.1) is 0 Å². The molecule has 2 unspecified atom stereocenters. The molecule has 0 bridgehead atoms. The van der Waals surface area contributed by atoms with Crippen molar-refractivity contribution in [3.8, 4) is 0 Å². The van der Waals surface area contributed by atoms with E-state index in [2.05, 4.69) is 37.5 Å². The van der Waals surface area contributed by atoms with Crippen molar-refractivity contribution < 1.29 is 61.5 Å². The minimum atomic E-state index is -4.83. The van der Waals surface area contributed by atoms with Crippen LogP contribution in [0.2, 0.25) is 0 Å². The van der Waals surface area contributed by atoms with Crippen LogP contribution in [0.5, 0.6) is 0 Å². The van der Waals surface area contributed by atoms with E-state index in [4.69, 9.17) is 30.0 Å². The molecule has 2 heterocycles. The van der Waals surface area contributed by atoms with Gasteiger partial charge in [0, 0.05) is 37.7 Å². The zero-order valence-electron chi connectivity index (χ0n) is 42.9. The van der Waals surface area contributed by atoms with E-state index in [-0.39, 0.29) is 49.0 Å². The standard InChI is InChI=1S/C49H79N10O12P/c1-6-7-8-9-10-11-12-13-14-15-16-17-18-19-20-21-42(62)68-34-39(35-70-72(66,67)69-31-30-59(3,4)5)71-43(63)28-29-52-48(65)40(26-27-41(60)61)55-47(64)36-22-24-38(25-23-36)58(2)33-37-32-53-46-44(54-37)45(50)56-49(51)57-46/h22-25,32,39-40H,6-21,26-31,33-35H2,1-5H3,(H7-,50,51,52,53,55,56,57,60,61,64,65,66,67)/t39?,40-/m0/s1. The first-order valence-electron chi connectivity index (χ1n) is 25.2. The molecule has 0 saturated heterocycles. The topological polar surface area (TPSA) is 314 Å². The number of carbonyl (C=O) groups is 5. The number of likely N-dealkylation sites (N-methyl/N-ethyl adjacent to an activating group) is 1. The van der Waals surface area contributed by atoms with Crippen LogP contribution in [0.25, 0.3) is 11.2 Å². The fourth-order valence-electron chi connectivity index (χ4n) is 7.35. The number of nitrogen functional groups attached to an aromatic ring is 2. The molecule has 3 aromatic rings. The molecule has 3 atom stereocenters. The summed E-state index contributed by atoms with van der Waals surface area (Å²) in [5.41, 5.74) is 13.6. The van der Waals surface area contributed by atoms with Crippen molar-refractivity contribution >= 4 is 66.2 Å². The first kappa shape index (κ1) is 60.8. The highest BCUT2D eigenvalue weighted by Crippen LogP contribution is 2.38. The third kappa shape index (κ3) is 25.7. The van der Waals surface area contributed by atoms with Crippen LogP contribution in [-0.4, -0.2) is 132 Å². The number of aromatic nitrogens is 4. The zero-order chi connectivity index (χ0) is 52.9. The maximum absolute atomic E-state index is 13.3. The molecule has 0 saturated carbocycles. The SMILES string of the molecule is CCCCCCCCCCCCCCCCCC(=O)OCC(COP(=O)([O-])OCC[N+](C)(C)C)OC(=O)CCNC(=O)[C@H](CCC(=O)O)NC(=O)c1ccc(N(C)Cc2cnc3nc(N)nc(N)c3n2)cc1. The van der Waals surface area contributed by atoms with Gasteiger partial charge in [-0.05, 0) is 37.1 Å². The molecule has 3 rings (SSSR count). The number of ether oxygens (including phenoxy) is 2. The second kappa shape index (κ2) is 32.5. The van der Waals surface area contributed by atoms with Gasteiger partial charge in [-0.3, -0.25) is 28.5 Å². The van der Waals surface area contributed by atoms with Gasteiger partial charge in [0.15, 0.2) is 23.1 Å². The van der Waals surface area contributed by atoms with Crippen molar-refractivity contribution in [2.75, 3.05) is 77.5 Å². The lowest BCUT2D eigenvalue weighted by Gasteiger charge is -2.28. The van der Waals surface area contributed by atoms with Gasteiger partial charge in [0.2, 0.25) is 11.9 Å². The number of anilines is 3. The number of unbranched alkanes of at least 4 members (excludes halogenated alkanes) is 14. The third-order valence-corrected chi connectivity index (χ3v) is 12.5. The zero-order valence-corrected chi connectivity index (χ0v) is 43.8. The molecular weight excluding hydrogens is 952 g/mol. The Labute approximate surface area is 423 Å². The summed E-state index contributed by atoms with van der Waals surface area (Å²) in [6.07, 6.45) is 16.9. The number of hydrogen-bond acceptors (Lipinski definition) is 18. The van der Waals surface area contributed by atoms with Gasteiger partial charge in [0.05, 0.1) is 52.6 Å². The number of rotatable bonds is 38. The molecule has 23 heteroatoms. The number of phosphoric acid groups is 1. The summed E-state index contributed by atoms with van der Waals surface area (Å²) in [6, 6.07) is 5.13. The molecule has 0 fully saturated rings. The summed E-state index contributed by atoms with van der Waals surface area (Å²) in [5, 5.41) is 14.4. The quantitative estimate of drug-likeness (QED) is 0.0201. The number of quaternary nitrogens is 1. The summed E-state index contributed by atoms with van der Waals surface area (Å²) in [6.45, 7) is 1.25. The van der Waals surface area contributed by atoms with Crippen molar-refractivity contribution in [2.24, 2.45) is 0 Å². The molecule has 0 aliphatic rings. The summed E-state index contributed by atoms with van der Waals surface area (Å²) in [5.74, 6) is -3.96. The van der Waals surface area contributed by atoms with Crippen LogP contribution in [0.3, 0.4) is 0 Å². The van der Waals surface area contributed by atoms with Gasteiger partial charge < -0.3 is 60.0 Å². The Morgan fingerprint density at radius 2 is 1.42 bits per heavy atom. The predicted octanol–water partition coefficient (Wildman–Crippen LogP) is 5.61. The van der Waals surface area contributed by atoms with E-state index in [0.29, 0.717) is 40.9 Å². The summed E-state index contributed by atoms with van der Waals surface area (Å²) >= 11 is 0. The van der Waals surface area contributed by atoms with Crippen LogP contribution in [0.15, 0.2) is 30.5 Å². The van der Waals surface area contributed by atoms with Crippen LogP contribution in [-0.2, 0) is 48.8 Å². The number of carbonyl (C=O) groups excluding carboxylic acids is 4. The molecule has 2 aromatic heterocycles. The van der Waals surface area contributed by atoms with Gasteiger partial charge in [-0.1, -0.05) is 96.8 Å². The first-order valence-corrected chi connectivity index (χ1v) is 26.6. The van der Waals surface area contributed by atoms with E-state index in [1.54, 1.807) is 19.2 Å². The Hall–Kier alpha value is -5.54. The van der Waals surface area contributed by atoms with E-state index in [1.165, 1.54) is 82.5 Å². The largest absolute Gasteiger partial charge is 0.756 e. The number of amides is 2. The van der Waals surface area contributed by atoms with E-state index in [1.807, 2.05) is 26.0 Å². The Balaban J connectivity index is 1.48. The Bertz CT molecular complexity index is 2200. The minimum Gasteiger partial charge on any atom is -0.756 e. The van der Waals surface area contributed by atoms with Gasteiger partial charge in [0.1, 0.15) is 25.8 Å². The number of carboxylic acids is 1. The van der Waals surface area contributed by atoms with Crippen molar-refractivity contribution in [2.45, 2.75) is 148 Å². The van der Waals surface area contributed by atoms with Gasteiger partial charge >= 0.3 is 17.9 Å². The Morgan fingerprint density at radius 3 is 2.01 bits per heavy atom. The van der Waals surface area contributed by atoms with Crippen molar-refractivity contribution in [1.29, 1.82) is 0 Å². The molecule has 402 valence electrons. The number of carboxylic acid groups (broad SMARTS) is 1. The number of esters is 2. The third-order valence-electron chi connectivity index (χ3n) is 11.5. The second-order valence-corrected chi connectivity index (χ2v) is 20.4. The molecular formula is C49H79N10O12P. The summed E-state index contributed by atoms with van der Waals surface area (Å²) in [4.78, 5) is 94.8. The van der Waals surface area contributed by atoms with Gasteiger partial charge in [0.25, 0.3) is 13.7 Å². The van der Waals surface area contributed by atoms with Gasteiger partial charge in [-0.25, -0.2) is 9.97 Å². The summed E-state index contributed by atoms with van der Waals surface area (Å²) in [7, 11) is 2.54. The lowest BCUT2D eigenvalue weighted by molar-refractivity contribution is -0.870. The normalized spacial score (nSPS) is 13.2. The number of aliphatic carboxylic acids is 1. The van der Waals surface area contributed by atoms with Crippen LogP contribution in [0.1, 0.15) is 145 Å². The van der Waals surface area contributed by atoms with Crippen molar-refractivity contribution in [3.05, 3.63) is 41.7 Å². The van der Waals surface area contributed by atoms with Crippen molar-refractivity contribution in [3.63, 3.8) is 0 Å². The van der Waals surface area contributed by atoms with Crippen LogP contribution < -0.4 is 31.9 Å². The molecule has 0 spiro atoms. The smallest absolute Gasteiger partial charge is 0.308 e. The highest BCUT2D eigenvalue weighted by Gasteiger charge is 2.25. The highest BCUT2D eigenvalue weighted by molar-refractivity contribution is 7.45. The Kier molecular flexibility index (Phi) is 27.4. The molecule has 1 aromatic carbocycles. The number of nitrogens with one attached hydrogen (secondary N) is 2. The number of nitrogens with two attached hydrogens (primary N) is 2. The lowest BCUT2D eigenvalue weighted by Crippen LogP contribution is -2.47. The number of nitrogens with zero attached hydrogens (tertiary/aromatic N) is 6. The number of benzene rings is 1. The van der Waals surface area contributed by atoms with E-state index in [9.17, 15) is 38.5 Å². The maximum Gasteiger partial charge on any atom is 0.308 e. The number of hydrogen-bond donors (Lipinski definition) is 5. The maximum atomic E-state index is 13.3. The average molecular weight is 1030 g/mol. The van der Waals surface area contributed by atoms with Crippen LogP contribution in [0.4, 0.5) is 17.5 Å². The lowest BCUT2D eigenvalue weighted by atomic mass is 10.0. The predicted molar refractivity (Wildman–Crippen MR) is 271 cm³/mol. The fraction of sp³-hybridized carbons (Fsp3) is 0.653. The fourth-order valence-corrected chi connectivity index (χ4v) is 8.08. The molecule has 0 aliphatic heterocycles. The molecule has 0 radical (unpaired) electrons. The average Bonchev–Trinajstić information content (AvgIpc) is 3.32. The second-order valence-electron chi connectivity index (χ2n) is 19.0. The first-order chi connectivity index (χ1) is 34.2. The highest BCUT2D eigenvalue weighted by atomic mass is 31.2. The Morgan fingerprint density at radius 1 is 0.806 bits per heavy atom. The number of phosphoric ester groups is 1. The van der Waals surface area contributed by atoms with Crippen molar-refractivity contribution in [1.82, 2.24) is 30.6 Å². The monoisotopic (exact) mass is 1030 g/mol. The summed E-state index contributed by atoms with van der Waals surface area (Å²) < 4.78 is 33.7.